The number of rotatable bonds is 1. The minimum absolute atomic E-state index is 0. The molecule has 0 amide bonds. The number of hydrogen-bond donors (Lipinski definition) is 0. The Labute approximate surface area is 99.3 Å². The van der Waals surface area contributed by atoms with Crippen molar-refractivity contribution < 1.29 is 44.0 Å². The van der Waals surface area contributed by atoms with Crippen molar-refractivity contribution in [3.8, 4) is 0 Å². The molecule has 0 aromatic heterocycles. The van der Waals surface area contributed by atoms with Gasteiger partial charge in [0.05, 0.1) is 0 Å². The molecule has 0 aliphatic rings. The van der Waals surface area contributed by atoms with Gasteiger partial charge in [-0.05, 0) is 6.92 Å². The summed E-state index contributed by atoms with van der Waals surface area (Å²) in [4.78, 5) is 18.1. The van der Waals surface area contributed by atoms with Gasteiger partial charge in [0.1, 0.15) is 0 Å². The van der Waals surface area contributed by atoms with Crippen LogP contribution >= 0.6 is 0 Å². The number of carbonyl (C=O) groups excluding carboxylic acids is 2. The molecule has 2 nitrogen and oxygen atoms in total. The molecular weight excluding hydrogens is 247 g/mol. The van der Waals surface area contributed by atoms with Crippen molar-refractivity contribution in [2.24, 2.45) is 0 Å². The van der Waals surface area contributed by atoms with Gasteiger partial charge in [0.25, 0.3) is 6.79 Å². The molecule has 1 rings (SSSR count). The molecule has 0 heterocycles. The quantitative estimate of drug-likeness (QED) is 0.562. The van der Waals surface area contributed by atoms with Gasteiger partial charge in [-0.3, -0.25) is 9.59 Å². The molecule has 0 aliphatic heterocycles. The Kier molecular flexibility index (Phi) is 16.4. The van der Waals surface area contributed by atoms with Gasteiger partial charge in [0, 0.05) is 40.0 Å². The van der Waals surface area contributed by atoms with Crippen LogP contribution in [-0.2, 0) is 39.2 Å². The first-order valence-electron chi connectivity index (χ1n) is 3.07. The Morgan fingerprint density at radius 1 is 1.15 bits per heavy atom. The number of ketones is 1. The molecular formula is C9H8CrMnO2. The normalized spacial score (nSPS) is 6.54. The summed E-state index contributed by atoms with van der Waals surface area (Å²) in [5.41, 5.74) is 0.775. The van der Waals surface area contributed by atoms with E-state index in [0.717, 1.165) is 5.56 Å². The van der Waals surface area contributed by atoms with Crippen molar-refractivity contribution in [2.75, 3.05) is 0 Å². The van der Waals surface area contributed by atoms with E-state index < -0.39 is 0 Å². The first-order chi connectivity index (χ1) is 5.30. The van der Waals surface area contributed by atoms with E-state index in [0.29, 0.717) is 0 Å². The standard InChI is InChI=1S/C8H8O.CO.Cr.Mn/c1-7(9)8-5-3-2-4-6-8;1-2;;/h2-6H,1H3;;;. The van der Waals surface area contributed by atoms with E-state index in [4.69, 9.17) is 4.79 Å². The summed E-state index contributed by atoms with van der Waals surface area (Å²) < 4.78 is 0. The van der Waals surface area contributed by atoms with Gasteiger partial charge < -0.3 is 0 Å². The van der Waals surface area contributed by atoms with Crippen LogP contribution in [0.15, 0.2) is 30.3 Å². The van der Waals surface area contributed by atoms with Crippen molar-refractivity contribution in [1.29, 1.82) is 0 Å². The summed E-state index contributed by atoms with van der Waals surface area (Å²) in [7, 11) is 0. The van der Waals surface area contributed by atoms with E-state index in [-0.39, 0.29) is 40.2 Å². The van der Waals surface area contributed by atoms with E-state index in [1.165, 1.54) is 0 Å². The zero-order chi connectivity index (χ0) is 8.69. The molecule has 3 radical (unpaired) electrons. The summed E-state index contributed by atoms with van der Waals surface area (Å²) in [5, 5.41) is 0. The van der Waals surface area contributed by atoms with Crippen molar-refractivity contribution in [1.82, 2.24) is 0 Å². The second-order valence-corrected chi connectivity index (χ2v) is 1.92. The third-order valence-corrected chi connectivity index (χ3v) is 1.18. The van der Waals surface area contributed by atoms with Crippen LogP contribution in [0.2, 0.25) is 0 Å². The number of hydrogen-bond acceptors (Lipinski definition) is 2. The van der Waals surface area contributed by atoms with Gasteiger partial charge in [0.2, 0.25) is 0 Å². The average molecular weight is 255 g/mol. The van der Waals surface area contributed by atoms with Crippen LogP contribution in [0, 0.1) is 0 Å². The van der Waals surface area contributed by atoms with E-state index >= 15 is 0 Å². The minimum Gasteiger partial charge on any atom is -0.295 e. The molecule has 13 heavy (non-hydrogen) atoms. The molecule has 1 aromatic rings. The van der Waals surface area contributed by atoms with Crippen LogP contribution in [0.3, 0.4) is 0 Å². The molecule has 1 aromatic carbocycles. The van der Waals surface area contributed by atoms with Crippen molar-refractivity contribution in [3.05, 3.63) is 35.9 Å². The molecule has 0 spiro atoms. The van der Waals surface area contributed by atoms with E-state index in [1.807, 2.05) is 30.3 Å². The van der Waals surface area contributed by atoms with Gasteiger partial charge in [-0.1, -0.05) is 30.3 Å². The van der Waals surface area contributed by atoms with Crippen LogP contribution in [0.5, 0.6) is 0 Å². The summed E-state index contributed by atoms with van der Waals surface area (Å²) >= 11 is 0. The molecule has 0 bridgehead atoms. The predicted octanol–water partition coefficient (Wildman–Crippen LogP) is 1.49. The van der Waals surface area contributed by atoms with Gasteiger partial charge in [-0.15, -0.1) is 0 Å². The second-order valence-electron chi connectivity index (χ2n) is 1.92. The Bertz CT molecular complexity index is 226. The summed E-state index contributed by atoms with van der Waals surface area (Å²) in [5.74, 6) is 0.121. The first kappa shape index (κ1) is 18.4. The fraction of sp³-hybridized carbons (Fsp3) is 0.111. The SMILES string of the molecule is CC(=O)c1ccccc1.[C]=O.[Cr].[Mn]. The molecule has 0 saturated heterocycles. The molecule has 0 aliphatic carbocycles. The Balaban J connectivity index is -0.000000234. The molecule has 4 heteroatoms. The van der Waals surface area contributed by atoms with Crippen molar-refractivity contribution >= 4 is 12.6 Å². The van der Waals surface area contributed by atoms with Crippen LogP contribution < -0.4 is 0 Å². The third-order valence-electron chi connectivity index (χ3n) is 1.18. The molecule has 0 fully saturated rings. The Morgan fingerprint density at radius 2 is 1.54 bits per heavy atom. The summed E-state index contributed by atoms with van der Waals surface area (Å²) in [6.45, 7) is 6.06. The maximum absolute atomic E-state index is 10.6. The van der Waals surface area contributed by atoms with Crippen LogP contribution in [0.1, 0.15) is 17.3 Å². The molecule has 69 valence electrons. The van der Waals surface area contributed by atoms with Crippen LogP contribution in [0.4, 0.5) is 0 Å². The van der Waals surface area contributed by atoms with Gasteiger partial charge >= 0.3 is 0 Å². The monoisotopic (exact) mass is 255 g/mol. The van der Waals surface area contributed by atoms with E-state index in [9.17, 15) is 4.79 Å². The topological polar surface area (TPSA) is 34.1 Å². The fourth-order valence-electron chi connectivity index (χ4n) is 0.673. The number of carbonyl (C=O) groups is 1. The van der Waals surface area contributed by atoms with Gasteiger partial charge in [-0.25, -0.2) is 0 Å². The molecule has 0 saturated carbocycles. The minimum atomic E-state index is 0. The molecule has 0 N–H and O–H groups in total. The molecule has 0 unspecified atom stereocenters. The molecule has 0 atom stereocenters. The number of Topliss-reactive ketones (excluding diaryl/α,β-unsaturated/α-hetero) is 1. The zero-order valence-electron chi connectivity index (χ0n) is 6.99. The first-order valence-corrected chi connectivity index (χ1v) is 3.07. The van der Waals surface area contributed by atoms with E-state index in [2.05, 4.69) is 6.79 Å². The summed E-state index contributed by atoms with van der Waals surface area (Å²) in [6, 6.07) is 9.23. The fourth-order valence-corrected chi connectivity index (χ4v) is 0.673. The maximum atomic E-state index is 10.6. The zero-order valence-corrected chi connectivity index (χ0v) is 9.44. The van der Waals surface area contributed by atoms with E-state index in [1.54, 1.807) is 6.92 Å². The number of benzene rings is 1. The Morgan fingerprint density at radius 3 is 1.77 bits per heavy atom. The Hall–Kier alpha value is -0.388. The second kappa shape index (κ2) is 11.6. The average Bonchev–Trinajstić information content (AvgIpc) is 2.10. The third kappa shape index (κ3) is 7.96. The van der Waals surface area contributed by atoms with Crippen LogP contribution in [-0.4, -0.2) is 12.6 Å². The van der Waals surface area contributed by atoms with Crippen LogP contribution in [0.25, 0.3) is 0 Å². The van der Waals surface area contributed by atoms with Crippen molar-refractivity contribution in [2.45, 2.75) is 6.92 Å². The maximum Gasteiger partial charge on any atom is 0.281 e. The summed E-state index contributed by atoms with van der Waals surface area (Å²) in [6.07, 6.45) is 0. The van der Waals surface area contributed by atoms with Crippen molar-refractivity contribution in [3.63, 3.8) is 0 Å². The largest absolute Gasteiger partial charge is 0.295 e. The smallest absolute Gasteiger partial charge is 0.281 e. The van der Waals surface area contributed by atoms with Gasteiger partial charge in [0.15, 0.2) is 5.78 Å². The van der Waals surface area contributed by atoms with Gasteiger partial charge in [-0.2, -0.15) is 0 Å². The predicted molar refractivity (Wildman–Crippen MR) is 42.1 cm³/mol.